The summed E-state index contributed by atoms with van der Waals surface area (Å²) in [7, 11) is 1.32. The minimum absolute atomic E-state index is 0.347. The second-order valence-electron chi connectivity index (χ2n) is 4.38. The highest BCUT2D eigenvalue weighted by Crippen LogP contribution is 2.31. The first kappa shape index (κ1) is 14.5. The Morgan fingerprint density at radius 1 is 1.35 bits per heavy atom. The van der Waals surface area contributed by atoms with Gasteiger partial charge >= 0.3 is 12.0 Å². The molecule has 1 fully saturated rings. The van der Waals surface area contributed by atoms with Crippen LogP contribution in [0, 0.1) is 5.92 Å². The van der Waals surface area contributed by atoms with Crippen LogP contribution in [0.1, 0.15) is 11.6 Å². The lowest BCUT2D eigenvalue weighted by Gasteiger charge is -2.33. The third kappa shape index (κ3) is 2.80. The van der Waals surface area contributed by atoms with Crippen LogP contribution in [0.3, 0.4) is 0 Å². The highest BCUT2D eigenvalue weighted by atomic mass is 32.2. The summed E-state index contributed by atoms with van der Waals surface area (Å²) in [6, 6.07) is 6.85. The van der Waals surface area contributed by atoms with Gasteiger partial charge in [0.1, 0.15) is 5.92 Å². The number of ether oxygens (including phenoxy) is 1. The van der Waals surface area contributed by atoms with E-state index in [0.29, 0.717) is 5.70 Å². The van der Waals surface area contributed by atoms with Gasteiger partial charge in [0.25, 0.3) is 0 Å². The van der Waals surface area contributed by atoms with Crippen LogP contribution in [0.5, 0.6) is 0 Å². The molecule has 1 aromatic carbocycles. The molecule has 0 aliphatic carbocycles. The van der Waals surface area contributed by atoms with Crippen molar-refractivity contribution in [1.82, 2.24) is 10.6 Å². The Morgan fingerprint density at radius 3 is 2.55 bits per heavy atom. The summed E-state index contributed by atoms with van der Waals surface area (Å²) in [4.78, 5) is 24.6. The standard InChI is InChI=1S/C14H16N2O3S/c1-8-11(13(17)19-2)12(16-14(18)15-8)9-4-6-10(20-3)7-5-9/h4-7,11-12H,1H2,2-3H3,(H2,15,16,18). The Balaban J connectivity index is 2.34. The second-order valence-corrected chi connectivity index (χ2v) is 5.26. The molecule has 2 atom stereocenters. The molecule has 5 nitrogen and oxygen atoms in total. The molecule has 106 valence electrons. The molecule has 0 aromatic heterocycles. The number of rotatable bonds is 3. The number of amides is 2. The molecule has 0 bridgehead atoms. The van der Waals surface area contributed by atoms with Crippen LogP contribution in [0.2, 0.25) is 0 Å². The third-order valence-electron chi connectivity index (χ3n) is 3.20. The largest absolute Gasteiger partial charge is 0.468 e. The quantitative estimate of drug-likeness (QED) is 0.661. The van der Waals surface area contributed by atoms with Crippen molar-refractivity contribution in [3.63, 3.8) is 0 Å². The van der Waals surface area contributed by atoms with E-state index in [1.54, 1.807) is 11.8 Å². The molecule has 1 aliphatic rings. The summed E-state index contributed by atoms with van der Waals surface area (Å²) < 4.78 is 4.80. The van der Waals surface area contributed by atoms with Gasteiger partial charge in [-0.25, -0.2) is 4.79 Å². The summed E-state index contributed by atoms with van der Waals surface area (Å²) in [5.74, 6) is -1.07. The molecule has 0 radical (unpaired) electrons. The molecule has 2 rings (SSSR count). The first-order valence-electron chi connectivity index (χ1n) is 6.05. The van der Waals surface area contributed by atoms with Gasteiger partial charge < -0.3 is 15.4 Å². The zero-order valence-electron chi connectivity index (χ0n) is 11.3. The maximum absolute atomic E-state index is 11.9. The van der Waals surface area contributed by atoms with Crippen LogP contribution in [0.15, 0.2) is 41.4 Å². The molecule has 1 heterocycles. The number of carbonyl (C=O) groups is 2. The first-order valence-corrected chi connectivity index (χ1v) is 7.27. The first-order chi connectivity index (χ1) is 9.56. The lowest BCUT2D eigenvalue weighted by molar-refractivity contribution is -0.145. The molecule has 1 aliphatic heterocycles. The lowest BCUT2D eigenvalue weighted by atomic mass is 9.89. The van der Waals surface area contributed by atoms with Gasteiger partial charge in [0.15, 0.2) is 0 Å². The van der Waals surface area contributed by atoms with Crippen LogP contribution in [-0.2, 0) is 9.53 Å². The predicted molar refractivity (Wildman–Crippen MR) is 77.3 cm³/mol. The fourth-order valence-electron chi connectivity index (χ4n) is 2.18. The third-order valence-corrected chi connectivity index (χ3v) is 3.94. The summed E-state index contributed by atoms with van der Waals surface area (Å²) in [5, 5.41) is 5.26. The van der Waals surface area contributed by atoms with Gasteiger partial charge in [0.2, 0.25) is 0 Å². The monoisotopic (exact) mass is 292 g/mol. The molecule has 0 spiro atoms. The molecule has 0 saturated carbocycles. The number of esters is 1. The van der Waals surface area contributed by atoms with E-state index in [-0.39, 0.29) is 6.03 Å². The van der Waals surface area contributed by atoms with Gasteiger partial charge in [0, 0.05) is 10.6 Å². The predicted octanol–water partition coefficient (Wildman–Crippen LogP) is 2.07. The number of benzene rings is 1. The van der Waals surface area contributed by atoms with Crippen LogP contribution in [-0.4, -0.2) is 25.4 Å². The van der Waals surface area contributed by atoms with Crippen molar-refractivity contribution in [3.8, 4) is 0 Å². The zero-order chi connectivity index (χ0) is 14.7. The summed E-state index contributed by atoms with van der Waals surface area (Å²) in [6.07, 6.45) is 1.99. The highest BCUT2D eigenvalue weighted by Gasteiger charge is 2.38. The number of thioether (sulfide) groups is 1. The van der Waals surface area contributed by atoms with Crippen molar-refractivity contribution in [2.45, 2.75) is 10.9 Å². The second kappa shape index (κ2) is 6.00. The molecule has 20 heavy (non-hydrogen) atoms. The van der Waals surface area contributed by atoms with E-state index in [1.165, 1.54) is 7.11 Å². The van der Waals surface area contributed by atoms with Gasteiger partial charge in [-0.05, 0) is 24.0 Å². The van der Waals surface area contributed by atoms with Crippen molar-refractivity contribution < 1.29 is 14.3 Å². The van der Waals surface area contributed by atoms with Crippen molar-refractivity contribution in [2.75, 3.05) is 13.4 Å². The molecular weight excluding hydrogens is 276 g/mol. The van der Waals surface area contributed by atoms with Crippen molar-refractivity contribution in [1.29, 1.82) is 0 Å². The van der Waals surface area contributed by atoms with E-state index in [9.17, 15) is 9.59 Å². The average Bonchev–Trinajstić information content (AvgIpc) is 2.46. The highest BCUT2D eigenvalue weighted by molar-refractivity contribution is 7.98. The molecule has 2 unspecified atom stereocenters. The van der Waals surface area contributed by atoms with E-state index in [1.807, 2.05) is 30.5 Å². The normalized spacial score (nSPS) is 21.9. The van der Waals surface area contributed by atoms with Crippen molar-refractivity contribution >= 4 is 23.8 Å². The SMILES string of the molecule is C=C1NC(=O)NC(c2ccc(SC)cc2)C1C(=O)OC. The minimum atomic E-state index is -0.641. The molecule has 6 heteroatoms. The van der Waals surface area contributed by atoms with Gasteiger partial charge in [-0.1, -0.05) is 18.7 Å². The molecule has 2 amide bonds. The van der Waals surface area contributed by atoms with Gasteiger partial charge in [-0.3, -0.25) is 4.79 Å². The Morgan fingerprint density at radius 2 is 2.00 bits per heavy atom. The maximum atomic E-state index is 11.9. The zero-order valence-corrected chi connectivity index (χ0v) is 12.1. The van der Waals surface area contributed by atoms with E-state index in [4.69, 9.17) is 4.74 Å². The van der Waals surface area contributed by atoms with Crippen molar-refractivity contribution in [2.24, 2.45) is 5.92 Å². The van der Waals surface area contributed by atoms with Gasteiger partial charge in [-0.2, -0.15) is 0 Å². The number of carbonyl (C=O) groups excluding carboxylic acids is 2. The number of urea groups is 1. The van der Waals surface area contributed by atoms with Crippen LogP contribution in [0.4, 0.5) is 4.79 Å². The number of methoxy groups -OCH3 is 1. The van der Waals surface area contributed by atoms with Crippen LogP contribution >= 0.6 is 11.8 Å². The molecular formula is C14H16N2O3S. The number of hydrogen-bond donors (Lipinski definition) is 2. The topological polar surface area (TPSA) is 67.4 Å². The van der Waals surface area contributed by atoms with Crippen molar-refractivity contribution in [3.05, 3.63) is 42.1 Å². The number of hydrogen-bond acceptors (Lipinski definition) is 4. The fraction of sp³-hybridized carbons (Fsp3) is 0.286. The smallest absolute Gasteiger partial charge is 0.319 e. The lowest BCUT2D eigenvalue weighted by Crippen LogP contribution is -2.51. The van der Waals surface area contributed by atoms with E-state index in [0.717, 1.165) is 10.5 Å². The average molecular weight is 292 g/mol. The number of nitrogens with one attached hydrogen (secondary N) is 2. The Bertz CT molecular complexity index is 542. The fourth-order valence-corrected chi connectivity index (χ4v) is 2.59. The Hall–Kier alpha value is -1.95. The van der Waals surface area contributed by atoms with E-state index < -0.39 is 17.9 Å². The van der Waals surface area contributed by atoms with E-state index in [2.05, 4.69) is 17.2 Å². The van der Waals surface area contributed by atoms with Gasteiger partial charge in [0.05, 0.1) is 13.2 Å². The molecule has 1 aromatic rings. The molecule has 2 N–H and O–H groups in total. The Labute approximate surface area is 121 Å². The Kier molecular flexibility index (Phi) is 4.34. The maximum Gasteiger partial charge on any atom is 0.319 e. The molecule has 1 saturated heterocycles. The van der Waals surface area contributed by atoms with E-state index >= 15 is 0 Å². The van der Waals surface area contributed by atoms with Crippen LogP contribution < -0.4 is 10.6 Å². The van der Waals surface area contributed by atoms with Gasteiger partial charge in [-0.15, -0.1) is 11.8 Å². The summed E-state index contributed by atoms with van der Waals surface area (Å²) in [6.45, 7) is 3.75. The summed E-state index contributed by atoms with van der Waals surface area (Å²) in [5.41, 5.74) is 1.19. The summed E-state index contributed by atoms with van der Waals surface area (Å²) >= 11 is 1.63. The van der Waals surface area contributed by atoms with Crippen LogP contribution in [0.25, 0.3) is 0 Å². The minimum Gasteiger partial charge on any atom is -0.468 e.